The molecule has 0 unspecified atom stereocenters. The van der Waals surface area contributed by atoms with Crippen LogP contribution in [0.4, 0.5) is 0 Å². The minimum atomic E-state index is -1.02. The summed E-state index contributed by atoms with van der Waals surface area (Å²) in [4.78, 5) is 10.9. The zero-order chi connectivity index (χ0) is 18.0. The Balaban J connectivity index is 2.30. The molecule has 9 heteroatoms. The Bertz CT molecular complexity index is 751. The number of aromatic hydroxyl groups is 1. The van der Waals surface area contributed by atoms with E-state index in [0.29, 0.717) is 18.6 Å². The predicted molar refractivity (Wildman–Crippen MR) is 125 cm³/mol. The summed E-state index contributed by atoms with van der Waals surface area (Å²) in [6.07, 6.45) is 0.261. The number of carbonyl (C=O) groups is 1. The number of aliphatic carboxylic acids is 1. The Hall–Kier alpha value is 0.390. The lowest BCUT2D eigenvalue weighted by Gasteiger charge is -2.14. The van der Waals surface area contributed by atoms with Gasteiger partial charge in [-0.25, -0.2) is 0 Å². The number of rotatable bonds is 5. The summed E-state index contributed by atoms with van der Waals surface area (Å²) in [5.74, 6) is 0.549. The summed E-state index contributed by atoms with van der Waals surface area (Å²) in [7, 11) is 0. The largest absolute Gasteiger partial charge is 0.506 e. The van der Waals surface area contributed by atoms with Gasteiger partial charge in [-0.15, -0.1) is 0 Å². The standard InChI is InChI=1S/C15H11I4NO4/c16-8-4-7(5-9(17)13(8)21)24-14-10(18)1-6(2-11(14)19)3-12(20)15(22)23/h1-2,4-5,12,21H,3,20H2,(H,22,23)/t12-/m0/s1/i1+1,2+1,6+1,10+1,11+1,14+1. The van der Waals surface area contributed by atoms with Gasteiger partial charge in [0.1, 0.15) is 17.5 Å². The summed E-state index contributed by atoms with van der Waals surface area (Å²) >= 11 is 8.42. The van der Waals surface area contributed by atoms with Gasteiger partial charge < -0.3 is 20.7 Å². The van der Waals surface area contributed by atoms with E-state index in [1.165, 1.54) is 0 Å². The molecule has 5 nitrogen and oxygen atoms in total. The Morgan fingerprint density at radius 1 is 1.04 bits per heavy atom. The molecule has 2 aromatic rings. The first kappa shape index (κ1) is 20.7. The van der Waals surface area contributed by atoms with Crippen molar-refractivity contribution < 1.29 is 19.7 Å². The highest BCUT2D eigenvalue weighted by atomic mass is 127. The van der Waals surface area contributed by atoms with Crippen molar-refractivity contribution in [3.8, 4) is 17.2 Å². The molecule has 0 bridgehead atoms. The second kappa shape index (κ2) is 8.85. The second-order valence-corrected chi connectivity index (χ2v) is 9.52. The number of nitrogens with two attached hydrogens (primary N) is 1. The molecular weight excluding hydrogens is 772 g/mol. The van der Waals surface area contributed by atoms with E-state index in [0.717, 1.165) is 12.7 Å². The van der Waals surface area contributed by atoms with Crippen molar-refractivity contribution in [2.45, 2.75) is 12.5 Å². The number of hydrogen-bond donors (Lipinski definition) is 3. The zero-order valence-corrected chi connectivity index (χ0v) is 20.5. The Labute approximate surface area is 193 Å². The molecule has 2 rings (SSSR count). The third-order valence-corrected chi connectivity index (χ3v) is 6.29. The molecule has 24 heavy (non-hydrogen) atoms. The van der Waals surface area contributed by atoms with Gasteiger partial charge in [0.05, 0.1) is 14.3 Å². The van der Waals surface area contributed by atoms with Crippen molar-refractivity contribution in [1.29, 1.82) is 0 Å². The van der Waals surface area contributed by atoms with Crippen LogP contribution in [0.3, 0.4) is 0 Å². The molecular formula is C15H11I4NO4. The van der Waals surface area contributed by atoms with Crippen molar-refractivity contribution in [3.63, 3.8) is 0 Å². The van der Waals surface area contributed by atoms with E-state index >= 15 is 0 Å². The molecule has 0 amide bonds. The molecule has 0 fully saturated rings. The smallest absolute Gasteiger partial charge is 0.320 e. The SMILES string of the molecule is N[C@@H](C[13c]1[13cH][13c](I)[13c](Oc2cc(I)c(O)c(I)c2)[13c](I)[13cH]1)C(=O)O. The van der Waals surface area contributed by atoms with Gasteiger partial charge in [-0.2, -0.15) is 0 Å². The molecule has 0 aliphatic heterocycles. The summed E-state index contributed by atoms with van der Waals surface area (Å²) in [6.45, 7) is 0. The predicted octanol–water partition coefficient (Wildman–Crippen LogP) is 4.56. The molecule has 0 radical (unpaired) electrons. The molecule has 0 saturated heterocycles. The second-order valence-electron chi connectivity index (χ2n) is 4.88. The quantitative estimate of drug-likeness (QED) is 0.388. The fourth-order valence-electron chi connectivity index (χ4n) is 1.89. The molecule has 0 saturated carbocycles. The van der Waals surface area contributed by atoms with Gasteiger partial charge >= 0.3 is 5.97 Å². The first-order valence-corrected chi connectivity index (χ1v) is 10.8. The first-order chi connectivity index (χ1) is 11.2. The lowest BCUT2D eigenvalue weighted by molar-refractivity contribution is -0.138. The van der Waals surface area contributed by atoms with Gasteiger partial charge in [0.2, 0.25) is 0 Å². The highest BCUT2D eigenvalue weighted by molar-refractivity contribution is 14.1. The van der Waals surface area contributed by atoms with Gasteiger partial charge in [0.25, 0.3) is 0 Å². The Morgan fingerprint density at radius 2 is 1.54 bits per heavy atom. The first-order valence-electron chi connectivity index (χ1n) is 6.51. The van der Waals surface area contributed by atoms with Crippen LogP contribution in [0, 0.1) is 14.3 Å². The van der Waals surface area contributed by atoms with E-state index in [2.05, 4.69) is 90.4 Å². The van der Waals surface area contributed by atoms with Gasteiger partial charge in [0, 0.05) is 0 Å². The topological polar surface area (TPSA) is 92.8 Å². The summed E-state index contributed by atoms with van der Waals surface area (Å²) < 4.78 is 9.14. The van der Waals surface area contributed by atoms with Crippen molar-refractivity contribution in [2.75, 3.05) is 0 Å². The molecule has 0 aromatic heterocycles. The van der Waals surface area contributed by atoms with Crippen LogP contribution in [0.2, 0.25) is 0 Å². The summed E-state index contributed by atoms with van der Waals surface area (Å²) in [5.41, 5.74) is 6.44. The van der Waals surface area contributed by atoms with Gasteiger partial charge in [-0.05, 0) is 127 Å². The molecule has 0 aliphatic carbocycles. The normalized spacial score (nSPS) is 12.0. The highest BCUT2D eigenvalue weighted by Gasteiger charge is 2.16. The Morgan fingerprint density at radius 3 is 2.00 bits per heavy atom. The number of phenols is 1. The monoisotopic (exact) mass is 783 g/mol. The van der Waals surface area contributed by atoms with Gasteiger partial charge in [-0.3, -0.25) is 4.79 Å². The van der Waals surface area contributed by atoms with Crippen molar-refractivity contribution in [3.05, 3.63) is 44.1 Å². The maximum atomic E-state index is 10.9. The van der Waals surface area contributed by atoms with Crippen molar-refractivity contribution in [2.24, 2.45) is 5.73 Å². The molecule has 4 N–H and O–H groups in total. The molecule has 2 aromatic carbocycles. The van der Waals surface area contributed by atoms with E-state index < -0.39 is 12.0 Å². The Kier molecular flexibility index (Phi) is 7.64. The zero-order valence-electron chi connectivity index (χ0n) is 11.9. The number of hydrogen-bond acceptors (Lipinski definition) is 4. The number of ether oxygens (including phenoxy) is 1. The van der Waals surface area contributed by atoms with Crippen molar-refractivity contribution >= 4 is 96.3 Å². The van der Waals surface area contributed by atoms with Gasteiger partial charge in [-0.1, -0.05) is 0 Å². The number of halogens is 4. The van der Waals surface area contributed by atoms with Crippen LogP contribution in [0.1, 0.15) is 5.56 Å². The number of carboxylic acid groups (broad SMARTS) is 1. The number of carboxylic acids is 1. The minimum absolute atomic E-state index is 0.242. The van der Waals surface area contributed by atoms with Crippen LogP contribution in [-0.4, -0.2) is 22.2 Å². The van der Waals surface area contributed by atoms with Crippen LogP contribution in [0.25, 0.3) is 0 Å². The van der Waals surface area contributed by atoms with Crippen LogP contribution < -0.4 is 10.5 Å². The van der Waals surface area contributed by atoms with Crippen molar-refractivity contribution in [1.82, 2.24) is 0 Å². The lowest BCUT2D eigenvalue weighted by Crippen LogP contribution is -2.32. The highest BCUT2D eigenvalue weighted by Crippen LogP contribution is 2.36. The van der Waals surface area contributed by atoms with Crippen LogP contribution in [0.5, 0.6) is 17.2 Å². The third-order valence-electron chi connectivity index (χ3n) is 3.04. The van der Waals surface area contributed by atoms with Gasteiger partial charge in [0.15, 0.2) is 5.75 Å². The maximum absolute atomic E-state index is 10.9. The fraction of sp³-hybridized carbons (Fsp3) is 0.133. The number of benzene rings is 2. The maximum Gasteiger partial charge on any atom is 0.320 e. The van der Waals surface area contributed by atoms with Crippen LogP contribution >= 0.6 is 90.4 Å². The van der Waals surface area contributed by atoms with E-state index in [1.807, 2.05) is 12.1 Å². The van der Waals surface area contributed by atoms with E-state index in [1.54, 1.807) is 12.1 Å². The molecule has 128 valence electrons. The molecule has 1 atom stereocenters. The average Bonchev–Trinajstić information content (AvgIpc) is 2.48. The number of phenolic OH excluding ortho intramolecular Hbond substituents is 1. The van der Waals surface area contributed by atoms with E-state index in [-0.39, 0.29) is 12.2 Å². The summed E-state index contributed by atoms with van der Waals surface area (Å²) in [5, 5.41) is 18.8. The molecule has 0 spiro atoms. The van der Waals surface area contributed by atoms with E-state index in [9.17, 15) is 9.90 Å². The summed E-state index contributed by atoms with van der Waals surface area (Å²) in [6, 6.07) is 6.34. The third kappa shape index (κ3) is 5.20. The minimum Gasteiger partial charge on any atom is -0.506 e. The van der Waals surface area contributed by atoms with E-state index in [4.69, 9.17) is 15.6 Å². The fourth-order valence-corrected chi connectivity index (χ4v) is 5.72. The molecule has 0 aliphatic rings. The molecule has 0 heterocycles. The van der Waals surface area contributed by atoms with Crippen LogP contribution in [-0.2, 0) is 11.2 Å². The van der Waals surface area contributed by atoms with Crippen LogP contribution in [0.15, 0.2) is 24.3 Å². The average molecular weight is 783 g/mol. The lowest BCUT2D eigenvalue weighted by atomic mass is 10.3.